The average molecular weight is 223 g/mol. The number of H-pyrrole nitrogens is 3. The van der Waals surface area contributed by atoms with E-state index in [2.05, 4.69) is 33.2 Å². The van der Waals surface area contributed by atoms with Crippen LogP contribution >= 0.6 is 0 Å². The van der Waals surface area contributed by atoms with E-state index in [1.807, 2.05) is 42.7 Å². The van der Waals surface area contributed by atoms with E-state index in [9.17, 15) is 0 Å². The molecule has 0 unspecified atom stereocenters. The zero-order chi connectivity index (χ0) is 11.5. The Morgan fingerprint density at radius 1 is 0.706 bits per heavy atom. The third-order valence-electron chi connectivity index (χ3n) is 2.66. The molecule has 0 spiro atoms. The van der Waals surface area contributed by atoms with Gasteiger partial charge in [0.05, 0.1) is 11.4 Å². The van der Waals surface area contributed by atoms with Crippen LogP contribution in [0.2, 0.25) is 0 Å². The maximum absolute atomic E-state index is 3.35. The molecule has 3 aromatic heterocycles. The van der Waals surface area contributed by atoms with Crippen LogP contribution in [0.5, 0.6) is 0 Å². The second-order valence-electron chi connectivity index (χ2n) is 3.87. The number of hydrogen-bond acceptors (Lipinski definition) is 0. The molecule has 3 N–H and O–H groups in total. The molecule has 0 fully saturated rings. The first-order chi connectivity index (χ1) is 8.42. The molecule has 0 radical (unpaired) electrons. The van der Waals surface area contributed by atoms with E-state index in [0.717, 1.165) is 22.8 Å². The first kappa shape index (κ1) is 9.78. The fraction of sp³-hybridized carbons (Fsp3) is 0. The Kier molecular flexibility index (Phi) is 2.43. The summed E-state index contributed by atoms with van der Waals surface area (Å²) in [6.07, 6.45) is 7.94. The summed E-state index contributed by atoms with van der Waals surface area (Å²) in [5, 5.41) is 0. The molecule has 0 aliphatic rings. The van der Waals surface area contributed by atoms with Crippen LogP contribution in [-0.4, -0.2) is 15.0 Å². The summed E-state index contributed by atoms with van der Waals surface area (Å²) in [5.74, 6) is 0. The topological polar surface area (TPSA) is 47.4 Å². The zero-order valence-electron chi connectivity index (χ0n) is 9.27. The van der Waals surface area contributed by atoms with Gasteiger partial charge < -0.3 is 15.0 Å². The van der Waals surface area contributed by atoms with Crippen molar-refractivity contribution in [2.75, 3.05) is 0 Å². The molecule has 0 aliphatic heterocycles. The van der Waals surface area contributed by atoms with Crippen LogP contribution in [0.25, 0.3) is 23.5 Å². The minimum Gasteiger partial charge on any atom is -0.362 e. The van der Waals surface area contributed by atoms with Crippen LogP contribution in [0, 0.1) is 0 Å². The van der Waals surface area contributed by atoms with E-state index in [-0.39, 0.29) is 0 Å². The molecule has 0 aliphatic carbocycles. The van der Waals surface area contributed by atoms with Gasteiger partial charge in [-0.3, -0.25) is 0 Å². The Morgan fingerprint density at radius 3 is 2.29 bits per heavy atom. The summed E-state index contributed by atoms with van der Waals surface area (Å²) in [4.78, 5) is 9.66. The van der Waals surface area contributed by atoms with E-state index in [0.29, 0.717) is 0 Å². The molecule has 3 heterocycles. The Morgan fingerprint density at radius 2 is 1.53 bits per heavy atom. The standard InChI is InChI=1S/C14H13N3/c1-3-11(15-9-1)5-6-12-7-8-14(17-12)13-4-2-10-16-13/h1-10,15-17H. The van der Waals surface area contributed by atoms with Gasteiger partial charge in [0.2, 0.25) is 0 Å². The summed E-state index contributed by atoms with van der Waals surface area (Å²) >= 11 is 0. The molecule has 17 heavy (non-hydrogen) atoms. The SMILES string of the molecule is C(=Cc1ccc(-c2ccc[nH]2)[nH]1)c1ccc[nH]1. The van der Waals surface area contributed by atoms with Crippen LogP contribution in [0.3, 0.4) is 0 Å². The van der Waals surface area contributed by atoms with E-state index in [4.69, 9.17) is 0 Å². The van der Waals surface area contributed by atoms with Crippen LogP contribution in [0.4, 0.5) is 0 Å². The highest BCUT2D eigenvalue weighted by Crippen LogP contribution is 2.17. The third kappa shape index (κ3) is 2.08. The van der Waals surface area contributed by atoms with Crippen molar-refractivity contribution in [1.82, 2.24) is 15.0 Å². The van der Waals surface area contributed by atoms with Gasteiger partial charge in [-0.05, 0) is 48.6 Å². The van der Waals surface area contributed by atoms with Gasteiger partial charge in [-0.2, -0.15) is 0 Å². The molecule has 3 rings (SSSR count). The van der Waals surface area contributed by atoms with Gasteiger partial charge in [-0.25, -0.2) is 0 Å². The fourth-order valence-electron chi connectivity index (χ4n) is 1.79. The number of nitrogens with one attached hydrogen (secondary N) is 3. The molecule has 84 valence electrons. The van der Waals surface area contributed by atoms with Crippen LogP contribution in [0.1, 0.15) is 11.4 Å². The van der Waals surface area contributed by atoms with Crippen molar-refractivity contribution in [2.24, 2.45) is 0 Å². The summed E-state index contributed by atoms with van der Waals surface area (Å²) in [5.41, 5.74) is 4.39. The highest BCUT2D eigenvalue weighted by atomic mass is 14.8. The van der Waals surface area contributed by atoms with E-state index in [1.54, 1.807) is 0 Å². The van der Waals surface area contributed by atoms with Crippen molar-refractivity contribution in [3.8, 4) is 11.4 Å². The molecule has 0 bridgehead atoms. The molecule has 0 amide bonds. The summed E-state index contributed by atoms with van der Waals surface area (Å²) in [7, 11) is 0. The van der Waals surface area contributed by atoms with Gasteiger partial charge in [-0.1, -0.05) is 0 Å². The molecule has 3 nitrogen and oxygen atoms in total. The van der Waals surface area contributed by atoms with Gasteiger partial charge in [-0.15, -0.1) is 0 Å². The molecule has 0 aromatic carbocycles. The van der Waals surface area contributed by atoms with Crippen molar-refractivity contribution in [3.63, 3.8) is 0 Å². The smallest absolute Gasteiger partial charge is 0.0624 e. The summed E-state index contributed by atoms with van der Waals surface area (Å²) < 4.78 is 0. The number of aromatic amines is 3. The molecule has 0 atom stereocenters. The van der Waals surface area contributed by atoms with E-state index < -0.39 is 0 Å². The molecule has 0 saturated carbocycles. The van der Waals surface area contributed by atoms with Gasteiger partial charge in [0.15, 0.2) is 0 Å². The van der Waals surface area contributed by atoms with Gasteiger partial charge in [0.1, 0.15) is 0 Å². The largest absolute Gasteiger partial charge is 0.362 e. The van der Waals surface area contributed by atoms with Crippen LogP contribution in [0.15, 0.2) is 48.8 Å². The monoisotopic (exact) mass is 223 g/mol. The van der Waals surface area contributed by atoms with Crippen molar-refractivity contribution < 1.29 is 0 Å². The fourth-order valence-corrected chi connectivity index (χ4v) is 1.79. The molecule has 3 aromatic rings. The Balaban J connectivity index is 1.82. The molecular weight excluding hydrogens is 210 g/mol. The third-order valence-corrected chi connectivity index (χ3v) is 2.66. The second kappa shape index (κ2) is 4.22. The molecule has 0 saturated heterocycles. The maximum Gasteiger partial charge on any atom is 0.0624 e. The number of hydrogen-bond donors (Lipinski definition) is 3. The first-order valence-electron chi connectivity index (χ1n) is 5.56. The van der Waals surface area contributed by atoms with Crippen LogP contribution in [-0.2, 0) is 0 Å². The highest BCUT2D eigenvalue weighted by Gasteiger charge is 1.99. The van der Waals surface area contributed by atoms with Crippen molar-refractivity contribution in [3.05, 3.63) is 60.2 Å². The molecular formula is C14H13N3. The van der Waals surface area contributed by atoms with Crippen molar-refractivity contribution in [1.29, 1.82) is 0 Å². The Hall–Kier alpha value is -2.42. The maximum atomic E-state index is 3.35. The van der Waals surface area contributed by atoms with Crippen molar-refractivity contribution >= 4 is 12.2 Å². The van der Waals surface area contributed by atoms with Gasteiger partial charge >= 0.3 is 0 Å². The van der Waals surface area contributed by atoms with Gasteiger partial charge in [0, 0.05) is 23.8 Å². The first-order valence-corrected chi connectivity index (χ1v) is 5.56. The van der Waals surface area contributed by atoms with Crippen LogP contribution < -0.4 is 0 Å². The van der Waals surface area contributed by atoms with Crippen molar-refractivity contribution in [2.45, 2.75) is 0 Å². The Labute approximate surface area is 99.2 Å². The lowest BCUT2D eigenvalue weighted by atomic mass is 10.3. The predicted molar refractivity (Wildman–Crippen MR) is 70.3 cm³/mol. The van der Waals surface area contributed by atoms with Gasteiger partial charge in [0.25, 0.3) is 0 Å². The highest BCUT2D eigenvalue weighted by molar-refractivity contribution is 5.68. The lowest BCUT2D eigenvalue weighted by Crippen LogP contribution is -1.77. The lowest BCUT2D eigenvalue weighted by molar-refractivity contribution is 1.31. The number of rotatable bonds is 3. The quantitative estimate of drug-likeness (QED) is 0.608. The normalized spacial score (nSPS) is 11.3. The molecule has 3 heteroatoms. The average Bonchev–Trinajstić information content (AvgIpc) is 3.09. The van der Waals surface area contributed by atoms with E-state index in [1.165, 1.54) is 0 Å². The predicted octanol–water partition coefficient (Wildman–Crippen LogP) is 3.51. The minimum atomic E-state index is 1.09. The summed E-state index contributed by atoms with van der Waals surface area (Å²) in [6, 6.07) is 12.2. The summed E-state index contributed by atoms with van der Waals surface area (Å²) in [6.45, 7) is 0. The zero-order valence-corrected chi connectivity index (χ0v) is 9.27. The second-order valence-corrected chi connectivity index (χ2v) is 3.87. The lowest BCUT2D eigenvalue weighted by Gasteiger charge is -1.91. The number of aromatic nitrogens is 3. The Bertz CT molecular complexity index is 598. The van der Waals surface area contributed by atoms with E-state index >= 15 is 0 Å². The minimum absolute atomic E-state index is 1.09.